The van der Waals surface area contributed by atoms with Crippen molar-refractivity contribution in [1.29, 1.82) is 0 Å². The van der Waals surface area contributed by atoms with Crippen molar-refractivity contribution < 1.29 is 0 Å². The van der Waals surface area contributed by atoms with Crippen molar-refractivity contribution in [2.45, 2.75) is 38.1 Å². The van der Waals surface area contributed by atoms with Crippen LogP contribution >= 0.6 is 11.3 Å². The monoisotopic (exact) mass is 287 g/mol. The molecule has 1 heterocycles. The van der Waals surface area contributed by atoms with E-state index in [0.717, 1.165) is 10.9 Å². The van der Waals surface area contributed by atoms with Gasteiger partial charge in [-0.3, -0.25) is 0 Å². The Balaban J connectivity index is 1.85. The number of benzene rings is 1. The molecule has 0 spiro atoms. The van der Waals surface area contributed by atoms with Gasteiger partial charge in [-0.1, -0.05) is 61.4 Å². The highest BCUT2D eigenvalue weighted by atomic mass is 32.1. The maximum absolute atomic E-state index is 4.47. The number of rotatable bonds is 4. The molecule has 1 N–H and O–H groups in total. The lowest BCUT2D eigenvalue weighted by Crippen LogP contribution is -2.17. The van der Waals surface area contributed by atoms with Gasteiger partial charge in [-0.05, 0) is 24.9 Å². The maximum Gasteiger partial charge on any atom is 0.139 e. The van der Waals surface area contributed by atoms with E-state index in [1.165, 1.54) is 29.8 Å². The fourth-order valence-electron chi connectivity index (χ4n) is 3.10. The third-order valence-electron chi connectivity index (χ3n) is 4.30. The molecule has 0 bridgehead atoms. The van der Waals surface area contributed by atoms with Crippen LogP contribution in [-0.2, 0) is 0 Å². The smallest absolute Gasteiger partial charge is 0.139 e. The Kier molecular flexibility index (Phi) is 4.13. The zero-order valence-electron chi connectivity index (χ0n) is 12.0. The first-order valence-corrected chi connectivity index (χ1v) is 8.16. The molecule has 3 unspecified atom stereocenters. The minimum absolute atomic E-state index is 0.152. The Bertz CT molecular complexity index is 552. The Hall–Kier alpha value is -1.26. The minimum Gasteiger partial charge on any atom is -0.307 e. The number of aromatic nitrogens is 2. The van der Waals surface area contributed by atoms with Gasteiger partial charge in [0.2, 0.25) is 0 Å². The lowest BCUT2D eigenvalue weighted by Gasteiger charge is -2.13. The number of nitrogens with zero attached hydrogens (tertiary/aromatic N) is 2. The Morgan fingerprint density at radius 3 is 2.65 bits per heavy atom. The van der Waals surface area contributed by atoms with Crippen molar-refractivity contribution in [1.82, 2.24) is 15.5 Å². The van der Waals surface area contributed by atoms with Gasteiger partial charge in [-0.2, -0.15) is 0 Å². The van der Waals surface area contributed by atoms with Gasteiger partial charge in [0.1, 0.15) is 10.0 Å². The molecule has 0 saturated heterocycles. The Morgan fingerprint density at radius 2 is 2.00 bits per heavy atom. The molecule has 0 radical (unpaired) electrons. The van der Waals surface area contributed by atoms with Crippen molar-refractivity contribution >= 4 is 11.3 Å². The second-order valence-electron chi connectivity index (χ2n) is 5.63. The Labute approximate surface area is 124 Å². The van der Waals surface area contributed by atoms with Gasteiger partial charge in [0.25, 0.3) is 0 Å². The molecule has 0 amide bonds. The summed E-state index contributed by atoms with van der Waals surface area (Å²) < 4.78 is 0. The van der Waals surface area contributed by atoms with Crippen molar-refractivity contribution in [2.24, 2.45) is 5.92 Å². The van der Waals surface area contributed by atoms with E-state index in [1.807, 2.05) is 13.1 Å². The summed E-state index contributed by atoms with van der Waals surface area (Å²) in [6.45, 7) is 2.34. The van der Waals surface area contributed by atoms with E-state index in [0.29, 0.717) is 5.92 Å². The molecule has 4 heteroatoms. The first kappa shape index (κ1) is 13.7. The molecule has 1 aliphatic rings. The fraction of sp³-hybridized carbons (Fsp3) is 0.500. The summed E-state index contributed by atoms with van der Waals surface area (Å²) in [4.78, 5) is 0. The quantitative estimate of drug-likeness (QED) is 0.930. The standard InChI is InChI=1S/C16H21N3S/c1-11-7-6-10-13(11)15-18-19-16(20-15)14(17-2)12-8-4-3-5-9-12/h3-5,8-9,11,13-14,17H,6-7,10H2,1-2H3. The molecule has 1 aromatic heterocycles. The number of nitrogens with one attached hydrogen (secondary N) is 1. The molecule has 3 atom stereocenters. The summed E-state index contributed by atoms with van der Waals surface area (Å²) >= 11 is 1.78. The van der Waals surface area contributed by atoms with E-state index in [-0.39, 0.29) is 6.04 Å². The first-order valence-electron chi connectivity index (χ1n) is 7.35. The van der Waals surface area contributed by atoms with Gasteiger partial charge in [-0.25, -0.2) is 0 Å². The summed E-state index contributed by atoms with van der Waals surface area (Å²) in [5.74, 6) is 1.37. The van der Waals surface area contributed by atoms with Crippen molar-refractivity contribution in [2.75, 3.05) is 7.05 Å². The van der Waals surface area contributed by atoms with Crippen LogP contribution in [0.3, 0.4) is 0 Å². The summed E-state index contributed by atoms with van der Waals surface area (Å²) in [7, 11) is 1.98. The third kappa shape index (κ3) is 2.63. The summed E-state index contributed by atoms with van der Waals surface area (Å²) in [5.41, 5.74) is 1.25. The molecule has 1 fully saturated rings. The largest absolute Gasteiger partial charge is 0.307 e. The van der Waals surface area contributed by atoms with Crippen LogP contribution in [0.1, 0.15) is 53.7 Å². The third-order valence-corrected chi connectivity index (χ3v) is 5.42. The van der Waals surface area contributed by atoms with Crippen LogP contribution < -0.4 is 5.32 Å². The molecule has 106 valence electrons. The average Bonchev–Trinajstić information content (AvgIpc) is 3.10. The fourth-order valence-corrected chi connectivity index (χ4v) is 4.35. The zero-order chi connectivity index (χ0) is 13.9. The first-order chi connectivity index (χ1) is 9.79. The number of hydrogen-bond donors (Lipinski definition) is 1. The van der Waals surface area contributed by atoms with E-state index in [2.05, 4.69) is 46.7 Å². The molecule has 2 aromatic rings. The van der Waals surface area contributed by atoms with Gasteiger partial charge in [0, 0.05) is 5.92 Å². The van der Waals surface area contributed by atoms with Crippen LogP contribution in [-0.4, -0.2) is 17.2 Å². The van der Waals surface area contributed by atoms with Crippen LogP contribution in [0.4, 0.5) is 0 Å². The van der Waals surface area contributed by atoms with E-state index in [4.69, 9.17) is 0 Å². The molecule has 3 nitrogen and oxygen atoms in total. The van der Waals surface area contributed by atoms with E-state index in [9.17, 15) is 0 Å². The average molecular weight is 287 g/mol. The van der Waals surface area contributed by atoms with Gasteiger partial charge in [0.15, 0.2) is 0 Å². The molecular formula is C16H21N3S. The van der Waals surface area contributed by atoms with Crippen LogP contribution in [0.2, 0.25) is 0 Å². The second kappa shape index (κ2) is 6.02. The van der Waals surface area contributed by atoms with Crippen molar-refractivity contribution in [3.8, 4) is 0 Å². The van der Waals surface area contributed by atoms with Crippen LogP contribution in [0.5, 0.6) is 0 Å². The maximum atomic E-state index is 4.47. The molecular weight excluding hydrogens is 266 g/mol. The predicted octanol–water partition coefficient (Wildman–Crippen LogP) is 3.75. The highest BCUT2D eigenvalue weighted by Crippen LogP contribution is 2.41. The van der Waals surface area contributed by atoms with Crippen LogP contribution in [0.15, 0.2) is 30.3 Å². The lowest BCUT2D eigenvalue weighted by molar-refractivity contribution is 0.527. The SMILES string of the molecule is CNC(c1ccccc1)c1nnc(C2CCCC2C)s1. The number of hydrogen-bond acceptors (Lipinski definition) is 4. The van der Waals surface area contributed by atoms with E-state index >= 15 is 0 Å². The molecule has 1 saturated carbocycles. The molecule has 0 aliphatic heterocycles. The van der Waals surface area contributed by atoms with Crippen molar-refractivity contribution in [3.05, 3.63) is 45.9 Å². The summed E-state index contributed by atoms with van der Waals surface area (Å²) in [6, 6.07) is 10.6. The van der Waals surface area contributed by atoms with Gasteiger partial charge >= 0.3 is 0 Å². The summed E-state index contributed by atoms with van der Waals surface area (Å²) in [5, 5.41) is 14.6. The van der Waals surface area contributed by atoms with E-state index in [1.54, 1.807) is 11.3 Å². The highest BCUT2D eigenvalue weighted by Gasteiger charge is 2.29. The topological polar surface area (TPSA) is 37.8 Å². The Morgan fingerprint density at radius 1 is 1.20 bits per heavy atom. The van der Waals surface area contributed by atoms with Gasteiger partial charge in [0.05, 0.1) is 6.04 Å². The molecule has 3 rings (SSSR count). The molecule has 20 heavy (non-hydrogen) atoms. The van der Waals surface area contributed by atoms with Gasteiger partial charge in [-0.15, -0.1) is 10.2 Å². The van der Waals surface area contributed by atoms with Gasteiger partial charge < -0.3 is 5.32 Å². The van der Waals surface area contributed by atoms with Crippen LogP contribution in [0.25, 0.3) is 0 Å². The molecule has 1 aromatic carbocycles. The lowest BCUT2D eigenvalue weighted by atomic mass is 9.99. The highest BCUT2D eigenvalue weighted by molar-refractivity contribution is 7.11. The molecule has 1 aliphatic carbocycles. The normalized spacial score (nSPS) is 23.9. The second-order valence-corrected chi connectivity index (χ2v) is 6.67. The zero-order valence-corrected chi connectivity index (χ0v) is 12.9. The minimum atomic E-state index is 0.152. The predicted molar refractivity (Wildman–Crippen MR) is 83.0 cm³/mol. The van der Waals surface area contributed by atoms with E-state index < -0.39 is 0 Å². The van der Waals surface area contributed by atoms with Crippen LogP contribution in [0, 0.1) is 5.92 Å². The van der Waals surface area contributed by atoms with Crippen molar-refractivity contribution in [3.63, 3.8) is 0 Å². The summed E-state index contributed by atoms with van der Waals surface area (Å²) in [6.07, 6.45) is 3.92.